The number of nitrogens with one attached hydrogen (secondary N) is 1. The van der Waals surface area contributed by atoms with E-state index in [1.165, 1.54) is 12.1 Å². The molecule has 0 atom stereocenters. The number of rotatable bonds is 6. The molecule has 172 valence electrons. The number of anilines is 1. The Hall–Kier alpha value is -3.47. The smallest absolute Gasteiger partial charge is 0.130 e. The Morgan fingerprint density at radius 2 is 1.64 bits per heavy atom. The Bertz CT molecular complexity index is 1230. The molecule has 0 saturated carbocycles. The fourth-order valence-electron chi connectivity index (χ4n) is 4.50. The number of ether oxygens (including phenoxy) is 3. The number of hydrogen-bond donors (Lipinski definition) is 1. The van der Waals surface area contributed by atoms with Gasteiger partial charge in [0.25, 0.3) is 0 Å². The summed E-state index contributed by atoms with van der Waals surface area (Å²) in [4.78, 5) is 0. The predicted octanol–water partition coefficient (Wildman–Crippen LogP) is 7.00. The van der Waals surface area contributed by atoms with Gasteiger partial charge < -0.3 is 19.5 Å². The van der Waals surface area contributed by atoms with E-state index in [1.807, 2.05) is 25.1 Å². The van der Waals surface area contributed by atoms with Crippen molar-refractivity contribution in [3.8, 4) is 28.4 Å². The number of methoxy groups -OCH3 is 2. The molecule has 1 aliphatic rings. The van der Waals surface area contributed by atoms with Crippen LogP contribution in [0.4, 0.5) is 10.1 Å². The molecule has 0 spiro atoms. The van der Waals surface area contributed by atoms with Crippen LogP contribution in [0.15, 0.2) is 54.6 Å². The van der Waals surface area contributed by atoms with Crippen molar-refractivity contribution in [1.29, 1.82) is 0 Å². The van der Waals surface area contributed by atoms with Gasteiger partial charge >= 0.3 is 0 Å². The predicted molar refractivity (Wildman–Crippen MR) is 132 cm³/mol. The third kappa shape index (κ3) is 4.54. The maximum atomic E-state index is 13.9. The number of benzene rings is 3. The summed E-state index contributed by atoms with van der Waals surface area (Å²) >= 11 is 0. The molecule has 0 bridgehead atoms. The van der Waals surface area contributed by atoms with Crippen molar-refractivity contribution in [3.63, 3.8) is 0 Å². The van der Waals surface area contributed by atoms with Crippen LogP contribution in [0.1, 0.15) is 37.5 Å². The number of hydrogen-bond acceptors (Lipinski definition) is 4. The second-order valence-electron chi connectivity index (χ2n) is 8.95. The molecule has 0 saturated heterocycles. The molecule has 1 N–H and O–H groups in total. The highest BCUT2D eigenvalue weighted by molar-refractivity contribution is 5.88. The summed E-state index contributed by atoms with van der Waals surface area (Å²) in [6, 6.07) is 14.6. The number of aryl methyl sites for hydroxylation is 1. The molecule has 1 heterocycles. The normalized spacial score (nSPS) is 14.1. The van der Waals surface area contributed by atoms with Gasteiger partial charge in [0.05, 0.1) is 19.8 Å². The first-order valence-electron chi connectivity index (χ1n) is 11.0. The first-order valence-corrected chi connectivity index (χ1v) is 11.0. The van der Waals surface area contributed by atoms with Gasteiger partial charge in [0.1, 0.15) is 29.7 Å². The fourth-order valence-corrected chi connectivity index (χ4v) is 4.50. The highest BCUT2D eigenvalue weighted by atomic mass is 19.1. The van der Waals surface area contributed by atoms with Gasteiger partial charge in [-0.1, -0.05) is 18.2 Å². The summed E-state index contributed by atoms with van der Waals surface area (Å²) in [6.07, 6.45) is 2.22. The summed E-state index contributed by atoms with van der Waals surface area (Å²) in [7, 11) is 3.29. The van der Waals surface area contributed by atoms with Crippen molar-refractivity contribution >= 4 is 11.3 Å². The molecule has 1 aliphatic heterocycles. The van der Waals surface area contributed by atoms with Crippen LogP contribution < -0.4 is 19.5 Å². The van der Waals surface area contributed by atoms with Crippen molar-refractivity contribution in [2.45, 2.75) is 39.8 Å². The summed E-state index contributed by atoms with van der Waals surface area (Å²) in [6.45, 7) is 8.61. The van der Waals surface area contributed by atoms with Gasteiger partial charge in [0.2, 0.25) is 0 Å². The van der Waals surface area contributed by atoms with Gasteiger partial charge in [-0.25, -0.2) is 4.39 Å². The Morgan fingerprint density at radius 3 is 2.36 bits per heavy atom. The Morgan fingerprint density at radius 1 is 0.879 bits per heavy atom. The van der Waals surface area contributed by atoms with E-state index in [1.54, 1.807) is 20.3 Å². The minimum absolute atomic E-state index is 0.159. The summed E-state index contributed by atoms with van der Waals surface area (Å²) in [5, 5.41) is 3.61. The van der Waals surface area contributed by atoms with E-state index in [9.17, 15) is 4.39 Å². The van der Waals surface area contributed by atoms with Gasteiger partial charge in [-0.05, 0) is 68.7 Å². The Labute approximate surface area is 195 Å². The van der Waals surface area contributed by atoms with Crippen molar-refractivity contribution < 1.29 is 18.6 Å². The molecule has 3 aromatic rings. The van der Waals surface area contributed by atoms with E-state index in [0.29, 0.717) is 11.5 Å². The van der Waals surface area contributed by atoms with Crippen LogP contribution in [0, 0.1) is 12.7 Å². The zero-order valence-corrected chi connectivity index (χ0v) is 20.0. The van der Waals surface area contributed by atoms with Gasteiger partial charge in [-0.3, -0.25) is 0 Å². The van der Waals surface area contributed by atoms with E-state index in [0.717, 1.165) is 44.8 Å². The molecule has 4 nitrogen and oxygen atoms in total. The second-order valence-corrected chi connectivity index (χ2v) is 8.95. The Kier molecular flexibility index (Phi) is 6.07. The first-order chi connectivity index (χ1) is 15.7. The van der Waals surface area contributed by atoms with Gasteiger partial charge in [-0.15, -0.1) is 0 Å². The lowest BCUT2D eigenvalue weighted by molar-refractivity contribution is 0.302. The second kappa shape index (κ2) is 8.81. The molecule has 0 aromatic heterocycles. The number of fused-ring (bicyclic) bond motifs is 1. The summed E-state index contributed by atoms with van der Waals surface area (Å²) in [5.74, 6) is 1.65. The van der Waals surface area contributed by atoms with E-state index in [-0.39, 0.29) is 18.0 Å². The maximum Gasteiger partial charge on any atom is 0.130 e. The molecule has 0 radical (unpaired) electrons. The van der Waals surface area contributed by atoms with E-state index in [4.69, 9.17) is 14.2 Å². The van der Waals surface area contributed by atoms with Gasteiger partial charge in [-0.2, -0.15) is 0 Å². The SMILES string of the molecule is COc1ccc(-c2ccc3c(c2COc2cc(F)ccc2C)C(C)=CC(C)(C)N3)c(OC)c1. The highest BCUT2D eigenvalue weighted by Gasteiger charge is 2.27. The van der Waals surface area contributed by atoms with Gasteiger partial charge in [0.15, 0.2) is 0 Å². The zero-order chi connectivity index (χ0) is 23.8. The van der Waals surface area contributed by atoms with Crippen LogP contribution in [0.2, 0.25) is 0 Å². The largest absolute Gasteiger partial charge is 0.497 e. The van der Waals surface area contributed by atoms with Crippen LogP contribution in [-0.4, -0.2) is 19.8 Å². The van der Waals surface area contributed by atoms with Crippen LogP contribution in [0.25, 0.3) is 16.7 Å². The van der Waals surface area contributed by atoms with Crippen molar-refractivity contribution in [1.82, 2.24) is 0 Å². The quantitative estimate of drug-likeness (QED) is 0.441. The summed E-state index contributed by atoms with van der Waals surface area (Å²) < 4.78 is 31.1. The molecule has 0 aliphatic carbocycles. The molecule has 3 aromatic carbocycles. The first kappa shape index (κ1) is 22.7. The van der Waals surface area contributed by atoms with Crippen molar-refractivity contribution in [2.75, 3.05) is 19.5 Å². The minimum atomic E-state index is -0.317. The lowest BCUT2D eigenvalue weighted by atomic mass is 9.85. The summed E-state index contributed by atoms with van der Waals surface area (Å²) in [5.41, 5.74) is 6.98. The molecular formula is C28H30FNO3. The fraction of sp³-hybridized carbons (Fsp3) is 0.286. The molecule has 0 amide bonds. The molecule has 0 fully saturated rings. The molecular weight excluding hydrogens is 417 g/mol. The van der Waals surface area contributed by atoms with E-state index >= 15 is 0 Å². The average molecular weight is 448 g/mol. The lowest BCUT2D eigenvalue weighted by Gasteiger charge is -2.33. The van der Waals surface area contributed by atoms with Gasteiger partial charge in [0, 0.05) is 34.5 Å². The minimum Gasteiger partial charge on any atom is -0.497 e. The van der Waals surface area contributed by atoms with Crippen molar-refractivity contribution in [3.05, 3.63) is 77.1 Å². The molecule has 4 rings (SSSR count). The van der Waals surface area contributed by atoms with Crippen LogP contribution in [0.3, 0.4) is 0 Å². The standard InChI is InChI=1S/C28H30FNO3/c1-17-7-8-19(29)13-25(17)33-16-23-21(22-10-9-20(31-5)14-26(22)32-6)11-12-24-27(23)18(2)15-28(3,4)30-24/h7-15,30H,16H2,1-6H3. The third-order valence-electron chi connectivity index (χ3n) is 5.96. The molecule has 0 unspecified atom stereocenters. The monoisotopic (exact) mass is 447 g/mol. The van der Waals surface area contributed by atoms with Crippen molar-refractivity contribution in [2.24, 2.45) is 0 Å². The highest BCUT2D eigenvalue weighted by Crippen LogP contribution is 2.43. The topological polar surface area (TPSA) is 39.7 Å². The average Bonchev–Trinajstić information content (AvgIpc) is 2.78. The van der Waals surface area contributed by atoms with Crippen LogP contribution in [0.5, 0.6) is 17.2 Å². The lowest BCUT2D eigenvalue weighted by Crippen LogP contribution is -2.32. The number of allylic oxidation sites excluding steroid dienone is 1. The molecule has 5 heteroatoms. The third-order valence-corrected chi connectivity index (χ3v) is 5.96. The number of halogens is 1. The Balaban J connectivity index is 1.87. The maximum absolute atomic E-state index is 13.9. The van der Waals surface area contributed by atoms with E-state index < -0.39 is 0 Å². The zero-order valence-electron chi connectivity index (χ0n) is 20.0. The van der Waals surface area contributed by atoms with Crippen LogP contribution >= 0.6 is 0 Å². The van der Waals surface area contributed by atoms with E-state index in [2.05, 4.69) is 44.3 Å². The molecule has 33 heavy (non-hydrogen) atoms. The van der Waals surface area contributed by atoms with Crippen LogP contribution in [-0.2, 0) is 6.61 Å².